The average molecular weight is 350 g/mol. The molecule has 100 valence electrons. The molecule has 0 saturated carbocycles. The van der Waals surface area contributed by atoms with Crippen LogP contribution >= 0.6 is 0 Å². The van der Waals surface area contributed by atoms with Crippen LogP contribution in [0.15, 0.2) is 12.1 Å². The molecule has 0 aliphatic heterocycles. The maximum atomic E-state index is 2.41. The molecular weight excluding hydrogens is 327 g/mol. The first kappa shape index (κ1) is 25.3. The summed E-state index contributed by atoms with van der Waals surface area (Å²) in [6.45, 7) is 13.7. The first-order chi connectivity index (χ1) is 7.34. The van der Waals surface area contributed by atoms with E-state index in [1.54, 1.807) is 0 Å². The zero-order chi connectivity index (χ0) is 12.5. The SMILES string of the molecule is CC(C)c1cc(C(C)C)[c]([Mg+])c(C(C)C)c1.[Br-].[Cl-].[Li+]. The largest absolute Gasteiger partial charge is 1.00 e. The smallest absolute Gasteiger partial charge is 1.00 e. The van der Waals surface area contributed by atoms with Gasteiger partial charge in [-0.25, -0.2) is 0 Å². The third-order valence-corrected chi connectivity index (χ3v) is 4.07. The van der Waals surface area contributed by atoms with Gasteiger partial charge < -0.3 is 29.4 Å². The summed E-state index contributed by atoms with van der Waals surface area (Å²) >= 11 is 2.05. The molecule has 0 aliphatic carbocycles. The average Bonchev–Trinajstić information content (AvgIpc) is 2.16. The van der Waals surface area contributed by atoms with Gasteiger partial charge in [-0.1, -0.05) is 0 Å². The predicted octanol–water partition coefficient (Wildman–Crippen LogP) is -5.14. The maximum absolute atomic E-state index is 2.41. The molecule has 1 aromatic carbocycles. The van der Waals surface area contributed by atoms with Crippen molar-refractivity contribution < 1.29 is 48.2 Å². The molecule has 0 bridgehead atoms. The Morgan fingerprint density at radius 1 is 0.789 bits per heavy atom. The van der Waals surface area contributed by atoms with Crippen molar-refractivity contribution in [3.8, 4) is 0 Å². The van der Waals surface area contributed by atoms with Gasteiger partial charge in [-0.05, 0) is 0 Å². The fourth-order valence-electron chi connectivity index (χ4n) is 2.11. The number of hydrogen-bond acceptors (Lipinski definition) is 0. The monoisotopic (exact) mass is 348 g/mol. The predicted molar refractivity (Wildman–Crippen MR) is 74.1 cm³/mol. The number of benzene rings is 1. The van der Waals surface area contributed by atoms with E-state index in [-0.39, 0.29) is 48.2 Å². The summed E-state index contributed by atoms with van der Waals surface area (Å²) in [6.07, 6.45) is 0. The van der Waals surface area contributed by atoms with E-state index in [0.717, 1.165) is 0 Å². The topological polar surface area (TPSA) is 0 Å². The van der Waals surface area contributed by atoms with Gasteiger partial charge >= 0.3 is 132 Å². The number of rotatable bonds is 3. The molecule has 19 heavy (non-hydrogen) atoms. The zero-order valence-electron chi connectivity index (χ0n) is 13.3. The third kappa shape index (κ3) is 6.76. The van der Waals surface area contributed by atoms with Crippen LogP contribution in [0.5, 0.6) is 0 Å². The third-order valence-electron chi connectivity index (χ3n) is 3.25. The van der Waals surface area contributed by atoms with Crippen LogP contribution in [0.3, 0.4) is 0 Å². The van der Waals surface area contributed by atoms with E-state index in [1.165, 1.54) is 20.4 Å². The molecule has 0 N–H and O–H groups in total. The Kier molecular flexibility index (Phi) is 14.6. The van der Waals surface area contributed by atoms with Crippen molar-refractivity contribution in [2.24, 2.45) is 0 Å². The van der Waals surface area contributed by atoms with Crippen molar-refractivity contribution in [1.82, 2.24) is 0 Å². The Morgan fingerprint density at radius 2 is 1.11 bits per heavy atom. The van der Waals surface area contributed by atoms with E-state index in [9.17, 15) is 0 Å². The quantitative estimate of drug-likeness (QED) is 0.479. The Hall–Kier alpha value is 1.35. The van der Waals surface area contributed by atoms with E-state index in [2.05, 4.69) is 75.4 Å². The summed E-state index contributed by atoms with van der Waals surface area (Å²) in [5.41, 5.74) is 4.56. The first-order valence-corrected chi connectivity index (χ1v) is 7.05. The van der Waals surface area contributed by atoms with Crippen LogP contribution in [0, 0.1) is 0 Å². The van der Waals surface area contributed by atoms with Crippen LogP contribution in [0.1, 0.15) is 76.0 Å². The second-order valence-electron chi connectivity index (χ2n) is 5.64. The van der Waals surface area contributed by atoms with Crippen molar-refractivity contribution in [3.05, 3.63) is 28.8 Å². The van der Waals surface area contributed by atoms with Gasteiger partial charge in [-0.3, -0.25) is 0 Å². The Morgan fingerprint density at radius 3 is 1.32 bits per heavy atom. The first-order valence-electron chi connectivity index (χ1n) is 6.34. The maximum Gasteiger partial charge on any atom is 1.00 e. The molecule has 0 spiro atoms. The normalized spacial score (nSPS) is 10.1. The molecular formula is C15H23BrClLiMg. The van der Waals surface area contributed by atoms with Gasteiger partial charge in [0.25, 0.3) is 0 Å². The van der Waals surface area contributed by atoms with Gasteiger partial charge in [0.15, 0.2) is 0 Å². The van der Waals surface area contributed by atoms with Crippen molar-refractivity contribution in [2.45, 2.75) is 59.3 Å². The molecule has 0 aromatic heterocycles. The number of halogens is 2. The second-order valence-corrected chi connectivity index (χ2v) is 6.35. The van der Waals surface area contributed by atoms with Crippen molar-refractivity contribution in [1.29, 1.82) is 0 Å². The Bertz CT molecular complexity index is 349. The summed E-state index contributed by atoms with van der Waals surface area (Å²) in [7, 11) is 0. The summed E-state index contributed by atoms with van der Waals surface area (Å²) in [4.78, 5) is 0. The van der Waals surface area contributed by atoms with E-state index in [0.29, 0.717) is 17.8 Å². The molecule has 4 heteroatoms. The molecule has 0 heterocycles. The van der Waals surface area contributed by atoms with Crippen LogP contribution in [0.2, 0.25) is 0 Å². The Balaban J connectivity index is -0.000000853. The molecule has 1 rings (SSSR count). The molecule has 0 amide bonds. The van der Waals surface area contributed by atoms with Crippen LogP contribution < -0.4 is 51.9 Å². The minimum absolute atomic E-state index is 0. The van der Waals surface area contributed by atoms with E-state index >= 15 is 0 Å². The van der Waals surface area contributed by atoms with Gasteiger partial charge in [0, 0.05) is 0 Å². The van der Waals surface area contributed by atoms with Gasteiger partial charge in [-0.2, -0.15) is 0 Å². The summed E-state index contributed by atoms with van der Waals surface area (Å²) in [5.74, 6) is 1.88. The van der Waals surface area contributed by atoms with E-state index in [1.807, 2.05) is 0 Å². The zero-order valence-corrected chi connectivity index (χ0v) is 17.1. The van der Waals surface area contributed by atoms with Gasteiger partial charge in [0.05, 0.1) is 0 Å². The summed E-state index contributed by atoms with van der Waals surface area (Å²) in [6, 6.07) is 4.81. The minimum Gasteiger partial charge on any atom is -1.00 e. The van der Waals surface area contributed by atoms with Gasteiger partial charge in [-0.15, -0.1) is 0 Å². The molecule has 1 aromatic rings. The van der Waals surface area contributed by atoms with E-state index < -0.39 is 0 Å². The molecule has 0 aliphatic rings. The van der Waals surface area contributed by atoms with Crippen LogP contribution in [-0.2, 0) is 0 Å². The molecule has 0 atom stereocenters. The van der Waals surface area contributed by atoms with Crippen molar-refractivity contribution in [3.63, 3.8) is 0 Å². The van der Waals surface area contributed by atoms with E-state index in [4.69, 9.17) is 0 Å². The second kappa shape index (κ2) is 11.0. The number of hydrogen-bond donors (Lipinski definition) is 0. The summed E-state index contributed by atoms with van der Waals surface area (Å²) in [5, 5.41) is 0. The molecule has 0 radical (unpaired) electrons. The molecule has 0 unspecified atom stereocenters. The van der Waals surface area contributed by atoms with Crippen LogP contribution in [-0.4, -0.2) is 21.7 Å². The molecule has 0 nitrogen and oxygen atoms in total. The van der Waals surface area contributed by atoms with Crippen molar-refractivity contribution >= 4 is 25.4 Å². The van der Waals surface area contributed by atoms with Crippen LogP contribution in [0.25, 0.3) is 0 Å². The van der Waals surface area contributed by atoms with Gasteiger partial charge in [0.2, 0.25) is 0 Å². The Labute approximate surface area is 160 Å². The summed E-state index contributed by atoms with van der Waals surface area (Å²) < 4.78 is 1.52. The van der Waals surface area contributed by atoms with Crippen molar-refractivity contribution in [2.75, 3.05) is 0 Å². The molecule has 0 saturated heterocycles. The standard InChI is InChI=1S/C15H23.BrH.ClH.Li.Mg/c1-10(2)13-7-14(11(3)4)9-15(8-13)12(5)6;;;;/h7-8,10-12H,1-6H3;2*1H;;/q;;;2*+1/p-2. The minimum atomic E-state index is 0. The molecule has 0 fully saturated rings. The van der Waals surface area contributed by atoms with Crippen LogP contribution in [0.4, 0.5) is 0 Å². The van der Waals surface area contributed by atoms with Gasteiger partial charge in [0.1, 0.15) is 0 Å². The fourth-order valence-corrected chi connectivity index (χ4v) is 3.13. The fraction of sp³-hybridized carbons (Fsp3) is 0.600.